The second-order valence-corrected chi connectivity index (χ2v) is 4.09. The highest BCUT2D eigenvalue weighted by Crippen LogP contribution is 2.20. The van der Waals surface area contributed by atoms with Gasteiger partial charge in [-0.05, 0) is 25.1 Å². The van der Waals surface area contributed by atoms with Gasteiger partial charge in [0.25, 0.3) is 0 Å². The molecule has 0 saturated carbocycles. The molecule has 19 heavy (non-hydrogen) atoms. The number of hydrogen-bond acceptors (Lipinski definition) is 4. The topological polar surface area (TPSA) is 67.3 Å². The summed E-state index contributed by atoms with van der Waals surface area (Å²) in [6.07, 6.45) is 2.07. The van der Waals surface area contributed by atoms with Crippen LogP contribution in [0, 0.1) is 13.0 Å². The van der Waals surface area contributed by atoms with Gasteiger partial charge in [0.05, 0.1) is 11.4 Å². The highest BCUT2D eigenvalue weighted by atomic mass is 19.1. The van der Waals surface area contributed by atoms with Crippen molar-refractivity contribution in [1.82, 2.24) is 25.1 Å². The summed E-state index contributed by atoms with van der Waals surface area (Å²) in [6, 6.07) is 7.46. The molecular weight excluding hydrogens is 245 g/mol. The van der Waals surface area contributed by atoms with Gasteiger partial charge < -0.3 is 0 Å². The molecule has 0 saturated heterocycles. The van der Waals surface area contributed by atoms with Crippen LogP contribution in [0.1, 0.15) is 5.69 Å². The van der Waals surface area contributed by atoms with Crippen LogP contribution >= 0.6 is 0 Å². The smallest absolute Gasteiger partial charge is 0.282 e. The normalized spacial score (nSPS) is 10.6. The van der Waals surface area contributed by atoms with Crippen LogP contribution in [-0.2, 0) is 0 Å². The Bertz CT molecular complexity index is 705. The van der Waals surface area contributed by atoms with Gasteiger partial charge in [-0.15, -0.1) is 0 Å². The van der Waals surface area contributed by atoms with Crippen LogP contribution < -0.4 is 0 Å². The summed E-state index contributed by atoms with van der Waals surface area (Å²) >= 11 is 0. The third-order valence-electron chi connectivity index (χ3n) is 2.63. The van der Waals surface area contributed by atoms with E-state index in [1.54, 1.807) is 0 Å². The third-order valence-corrected chi connectivity index (χ3v) is 2.63. The van der Waals surface area contributed by atoms with E-state index < -0.39 is 6.08 Å². The monoisotopic (exact) mass is 255 g/mol. The van der Waals surface area contributed by atoms with Crippen molar-refractivity contribution in [2.75, 3.05) is 0 Å². The van der Waals surface area contributed by atoms with Gasteiger partial charge in [0.15, 0.2) is 0 Å². The molecule has 3 aromatic heterocycles. The first kappa shape index (κ1) is 11.5. The number of H-pyrrole nitrogens is 1. The molecule has 0 radical (unpaired) electrons. The molecular formula is C13H10FN5. The summed E-state index contributed by atoms with van der Waals surface area (Å²) in [5, 5.41) is 7.03. The first-order valence-electron chi connectivity index (χ1n) is 5.70. The lowest BCUT2D eigenvalue weighted by molar-refractivity contribution is 0.539. The van der Waals surface area contributed by atoms with Crippen LogP contribution in [0.4, 0.5) is 4.39 Å². The molecule has 0 fully saturated rings. The van der Waals surface area contributed by atoms with Gasteiger partial charge in [-0.3, -0.25) is 5.10 Å². The molecule has 0 aliphatic heterocycles. The molecule has 6 heteroatoms. The fraction of sp³-hybridized carbons (Fsp3) is 0.0769. The van der Waals surface area contributed by atoms with Crippen molar-refractivity contribution in [1.29, 1.82) is 0 Å². The van der Waals surface area contributed by atoms with E-state index in [0.717, 1.165) is 17.1 Å². The van der Waals surface area contributed by atoms with Crippen LogP contribution in [0.5, 0.6) is 0 Å². The number of rotatable bonds is 2. The van der Waals surface area contributed by atoms with Gasteiger partial charge in [-0.25, -0.2) is 15.0 Å². The largest absolute Gasteiger partial charge is 0.308 e. The van der Waals surface area contributed by atoms with Crippen molar-refractivity contribution in [2.45, 2.75) is 6.92 Å². The number of halogens is 1. The Balaban J connectivity index is 2.02. The maximum Gasteiger partial charge on any atom is 0.308 e. The first-order chi connectivity index (χ1) is 9.22. The zero-order chi connectivity index (χ0) is 13.2. The lowest BCUT2D eigenvalue weighted by Gasteiger charge is -2.01. The minimum atomic E-state index is -0.747. The summed E-state index contributed by atoms with van der Waals surface area (Å²) in [5.41, 5.74) is 3.81. The van der Waals surface area contributed by atoms with E-state index in [9.17, 15) is 4.39 Å². The van der Waals surface area contributed by atoms with E-state index in [2.05, 4.69) is 25.1 Å². The molecule has 0 aliphatic rings. The molecule has 3 aromatic rings. The lowest BCUT2D eigenvalue weighted by Crippen LogP contribution is -1.92. The van der Waals surface area contributed by atoms with E-state index in [1.165, 1.54) is 12.4 Å². The highest BCUT2D eigenvalue weighted by Gasteiger charge is 2.06. The summed E-state index contributed by atoms with van der Waals surface area (Å²) in [7, 11) is 0. The summed E-state index contributed by atoms with van der Waals surface area (Å²) in [5.74, 6) is 0. The second kappa shape index (κ2) is 4.56. The molecule has 0 aliphatic carbocycles. The van der Waals surface area contributed by atoms with Gasteiger partial charge in [0.1, 0.15) is 5.69 Å². The quantitative estimate of drug-likeness (QED) is 0.714. The zero-order valence-corrected chi connectivity index (χ0v) is 10.1. The van der Waals surface area contributed by atoms with Gasteiger partial charge in [-0.1, -0.05) is 6.07 Å². The van der Waals surface area contributed by atoms with Gasteiger partial charge >= 0.3 is 6.08 Å². The minimum Gasteiger partial charge on any atom is -0.282 e. The molecule has 0 aromatic carbocycles. The van der Waals surface area contributed by atoms with Crippen molar-refractivity contribution in [2.24, 2.45) is 0 Å². The van der Waals surface area contributed by atoms with Gasteiger partial charge in [0, 0.05) is 23.7 Å². The molecule has 0 bridgehead atoms. The minimum absolute atomic E-state index is 0.663. The Morgan fingerprint density at radius 3 is 2.47 bits per heavy atom. The number of hydrogen-bond donors (Lipinski definition) is 1. The van der Waals surface area contributed by atoms with Crippen molar-refractivity contribution in [3.8, 4) is 22.6 Å². The van der Waals surface area contributed by atoms with E-state index >= 15 is 0 Å². The highest BCUT2D eigenvalue weighted by molar-refractivity contribution is 5.62. The molecule has 0 amide bonds. The van der Waals surface area contributed by atoms with Crippen LogP contribution in [0.15, 0.2) is 36.7 Å². The number of pyridine rings is 1. The molecule has 3 rings (SSSR count). The van der Waals surface area contributed by atoms with E-state index in [-0.39, 0.29) is 0 Å². The predicted octanol–water partition coefficient (Wildman–Crippen LogP) is 2.38. The third kappa shape index (κ3) is 2.33. The molecule has 5 nitrogen and oxygen atoms in total. The SMILES string of the molecule is Cc1cc(-c2cccc(-c3cnc(F)nc3)n2)n[nH]1. The van der Waals surface area contributed by atoms with Gasteiger partial charge in [-0.2, -0.15) is 9.49 Å². The Kier molecular flexibility index (Phi) is 2.75. The van der Waals surface area contributed by atoms with Crippen molar-refractivity contribution in [3.05, 3.63) is 48.4 Å². The van der Waals surface area contributed by atoms with Crippen LogP contribution in [0.3, 0.4) is 0 Å². The molecule has 1 N–H and O–H groups in total. The Morgan fingerprint density at radius 1 is 1.05 bits per heavy atom. The van der Waals surface area contributed by atoms with Crippen molar-refractivity contribution in [3.63, 3.8) is 0 Å². The maximum absolute atomic E-state index is 12.7. The zero-order valence-electron chi connectivity index (χ0n) is 10.1. The molecule has 0 atom stereocenters. The van der Waals surface area contributed by atoms with E-state index in [1.807, 2.05) is 31.2 Å². The standard InChI is InChI=1S/C13H10FN5/c1-8-5-12(19-18-8)11-4-2-3-10(17-11)9-6-15-13(14)16-7-9/h2-7H,1H3,(H,18,19). The predicted molar refractivity (Wildman–Crippen MR) is 67.5 cm³/mol. The molecule has 0 unspecified atom stereocenters. The molecule has 94 valence electrons. The van der Waals surface area contributed by atoms with Crippen LogP contribution in [0.2, 0.25) is 0 Å². The summed E-state index contributed by atoms with van der Waals surface area (Å²) < 4.78 is 12.7. The van der Waals surface area contributed by atoms with Gasteiger partial charge in [0.2, 0.25) is 0 Å². The van der Waals surface area contributed by atoms with Crippen LogP contribution in [-0.4, -0.2) is 25.1 Å². The summed E-state index contributed by atoms with van der Waals surface area (Å²) in [6.45, 7) is 1.92. The van der Waals surface area contributed by atoms with Crippen LogP contribution in [0.25, 0.3) is 22.6 Å². The number of nitrogens with one attached hydrogen (secondary N) is 1. The number of nitrogens with zero attached hydrogens (tertiary/aromatic N) is 4. The first-order valence-corrected chi connectivity index (χ1v) is 5.70. The van der Waals surface area contributed by atoms with Crippen molar-refractivity contribution >= 4 is 0 Å². The Hall–Kier alpha value is -2.63. The average Bonchev–Trinajstić information content (AvgIpc) is 2.86. The fourth-order valence-electron chi connectivity index (χ4n) is 1.73. The number of aromatic nitrogens is 5. The summed E-state index contributed by atoms with van der Waals surface area (Å²) in [4.78, 5) is 11.5. The second-order valence-electron chi connectivity index (χ2n) is 4.09. The molecule has 0 spiro atoms. The molecule has 3 heterocycles. The maximum atomic E-state index is 12.7. The average molecular weight is 255 g/mol. The number of aryl methyl sites for hydroxylation is 1. The fourth-order valence-corrected chi connectivity index (χ4v) is 1.73. The Labute approximate surface area is 108 Å². The Morgan fingerprint density at radius 2 is 1.79 bits per heavy atom. The van der Waals surface area contributed by atoms with E-state index in [0.29, 0.717) is 11.3 Å². The van der Waals surface area contributed by atoms with E-state index in [4.69, 9.17) is 0 Å². The lowest BCUT2D eigenvalue weighted by atomic mass is 10.2. The number of aromatic amines is 1. The van der Waals surface area contributed by atoms with Crippen molar-refractivity contribution < 1.29 is 4.39 Å².